The molecular formula is C18H23N3O2S. The van der Waals surface area contributed by atoms with Crippen LogP contribution in [0, 0.1) is 11.3 Å². The van der Waals surface area contributed by atoms with Crippen molar-refractivity contribution in [3.8, 4) is 11.8 Å². The van der Waals surface area contributed by atoms with Gasteiger partial charge in [-0.05, 0) is 37.6 Å². The molecule has 1 aromatic carbocycles. The van der Waals surface area contributed by atoms with Crippen LogP contribution in [-0.2, 0) is 10.5 Å². The van der Waals surface area contributed by atoms with E-state index in [4.69, 9.17) is 15.7 Å². The van der Waals surface area contributed by atoms with E-state index in [9.17, 15) is 4.79 Å². The maximum Gasteiger partial charge on any atom is 0.242 e. The molecule has 2 atom stereocenters. The van der Waals surface area contributed by atoms with Gasteiger partial charge in [-0.1, -0.05) is 18.2 Å². The van der Waals surface area contributed by atoms with Gasteiger partial charge in [0.2, 0.25) is 5.91 Å². The Kier molecular flexibility index (Phi) is 5.92. The maximum atomic E-state index is 12.6. The molecule has 0 saturated heterocycles. The zero-order valence-corrected chi connectivity index (χ0v) is 15.0. The van der Waals surface area contributed by atoms with E-state index in [1.54, 1.807) is 24.9 Å². The number of thioether (sulfide) groups is 1. The van der Waals surface area contributed by atoms with Gasteiger partial charge in [0, 0.05) is 17.0 Å². The summed E-state index contributed by atoms with van der Waals surface area (Å²) in [6.07, 6.45) is 3.57. The normalized spacial score (nSPS) is 18.3. The summed E-state index contributed by atoms with van der Waals surface area (Å²) in [5.41, 5.74) is 7.38. The predicted octanol–water partition coefficient (Wildman–Crippen LogP) is 2.32. The van der Waals surface area contributed by atoms with Gasteiger partial charge in [-0.3, -0.25) is 4.79 Å². The summed E-state index contributed by atoms with van der Waals surface area (Å²) in [5.74, 6) is 1.38. The number of hydrogen-bond acceptors (Lipinski definition) is 5. The molecule has 0 spiro atoms. The number of nitrogens with two attached hydrogens (primary N) is 1. The molecule has 1 heterocycles. The molecule has 0 aliphatic carbocycles. The van der Waals surface area contributed by atoms with E-state index in [1.807, 2.05) is 44.2 Å². The minimum Gasteiger partial charge on any atom is -0.497 e. The van der Waals surface area contributed by atoms with Gasteiger partial charge in [0.15, 0.2) is 0 Å². The third-order valence-corrected chi connectivity index (χ3v) is 5.63. The molecule has 0 fully saturated rings. The Morgan fingerprint density at radius 2 is 2.17 bits per heavy atom. The number of carbonyl (C=O) groups is 1. The second-order valence-corrected chi connectivity index (χ2v) is 7.84. The first-order valence-electron chi connectivity index (χ1n) is 7.78. The van der Waals surface area contributed by atoms with Crippen molar-refractivity contribution < 1.29 is 9.53 Å². The van der Waals surface area contributed by atoms with Gasteiger partial charge in [-0.2, -0.15) is 5.26 Å². The highest BCUT2D eigenvalue weighted by molar-refractivity contribution is 7.99. The fraction of sp³-hybridized carbons (Fsp3) is 0.444. The number of nitriles is 1. The van der Waals surface area contributed by atoms with Gasteiger partial charge in [0.1, 0.15) is 11.8 Å². The Labute approximate surface area is 147 Å². The average Bonchev–Trinajstić information content (AvgIpc) is 3.07. The van der Waals surface area contributed by atoms with Crippen molar-refractivity contribution in [1.29, 1.82) is 5.26 Å². The molecule has 1 aromatic rings. The van der Waals surface area contributed by atoms with Crippen LogP contribution < -0.4 is 10.5 Å². The fourth-order valence-corrected chi connectivity index (χ4v) is 3.43. The van der Waals surface area contributed by atoms with Crippen molar-refractivity contribution in [3.63, 3.8) is 0 Å². The van der Waals surface area contributed by atoms with Crippen molar-refractivity contribution >= 4 is 17.7 Å². The Morgan fingerprint density at radius 1 is 1.50 bits per heavy atom. The first-order chi connectivity index (χ1) is 11.4. The molecule has 24 heavy (non-hydrogen) atoms. The van der Waals surface area contributed by atoms with Crippen LogP contribution in [0.2, 0.25) is 0 Å². The number of hydrogen-bond donors (Lipinski definition) is 1. The molecule has 0 aromatic heterocycles. The van der Waals surface area contributed by atoms with Crippen LogP contribution in [0.15, 0.2) is 36.4 Å². The van der Waals surface area contributed by atoms with E-state index in [0.717, 1.165) is 17.1 Å². The monoisotopic (exact) mass is 345 g/mol. The third kappa shape index (κ3) is 4.11. The molecule has 6 heteroatoms. The molecule has 0 bridgehead atoms. The van der Waals surface area contributed by atoms with Crippen LogP contribution in [0.4, 0.5) is 0 Å². The highest BCUT2D eigenvalue weighted by atomic mass is 32.2. The van der Waals surface area contributed by atoms with Crippen molar-refractivity contribution in [2.75, 3.05) is 13.7 Å². The van der Waals surface area contributed by atoms with E-state index >= 15 is 0 Å². The summed E-state index contributed by atoms with van der Waals surface area (Å²) in [5, 5.41) is 9.11. The number of carbonyl (C=O) groups excluding carboxylic acids is 1. The molecule has 1 aliphatic rings. The Bertz CT molecular complexity index is 649. The third-order valence-electron chi connectivity index (χ3n) is 4.16. The quantitative estimate of drug-likeness (QED) is 0.801. The first-order valence-corrected chi connectivity index (χ1v) is 8.77. The Hall–Kier alpha value is -1.97. The Balaban J connectivity index is 1.97. The lowest BCUT2D eigenvalue weighted by atomic mass is 10.0. The largest absolute Gasteiger partial charge is 0.497 e. The summed E-state index contributed by atoms with van der Waals surface area (Å²) >= 11 is 1.63. The molecule has 5 nitrogen and oxygen atoms in total. The lowest BCUT2D eigenvalue weighted by Crippen LogP contribution is -2.54. The van der Waals surface area contributed by atoms with Gasteiger partial charge in [0.05, 0.1) is 19.2 Å². The number of amides is 1. The Morgan fingerprint density at radius 3 is 2.75 bits per heavy atom. The van der Waals surface area contributed by atoms with Crippen molar-refractivity contribution in [3.05, 3.63) is 42.0 Å². The summed E-state index contributed by atoms with van der Waals surface area (Å²) < 4.78 is 4.71. The molecule has 0 radical (unpaired) electrons. The molecule has 128 valence electrons. The van der Waals surface area contributed by atoms with E-state index in [1.165, 1.54) is 4.90 Å². The number of rotatable bonds is 6. The lowest BCUT2D eigenvalue weighted by molar-refractivity contribution is -0.132. The minimum atomic E-state index is -0.670. The van der Waals surface area contributed by atoms with E-state index in [2.05, 4.69) is 6.07 Å². The van der Waals surface area contributed by atoms with Crippen LogP contribution in [-0.4, -0.2) is 41.3 Å². The number of nitrogens with zero attached hydrogens (tertiary/aromatic N) is 2. The maximum absolute atomic E-state index is 12.6. The fourth-order valence-electron chi connectivity index (χ4n) is 2.42. The van der Waals surface area contributed by atoms with Crippen LogP contribution in [0.1, 0.15) is 19.4 Å². The van der Waals surface area contributed by atoms with Gasteiger partial charge in [-0.15, -0.1) is 11.8 Å². The number of ether oxygens (including phenoxy) is 1. The summed E-state index contributed by atoms with van der Waals surface area (Å²) in [6, 6.07) is 8.78. The number of benzene rings is 1. The second-order valence-electron chi connectivity index (χ2n) is 6.21. The molecule has 2 unspecified atom stereocenters. The highest BCUT2D eigenvalue weighted by Gasteiger charge is 2.37. The van der Waals surface area contributed by atoms with Gasteiger partial charge >= 0.3 is 0 Å². The zero-order chi connectivity index (χ0) is 17.7. The zero-order valence-electron chi connectivity index (χ0n) is 14.2. The SMILES string of the molecule is COc1ccc(CSC(C)(C)C(N)C(=O)N2CC=CC2C#N)cc1. The van der Waals surface area contributed by atoms with Crippen LogP contribution in [0.5, 0.6) is 5.75 Å². The molecule has 2 N–H and O–H groups in total. The molecular weight excluding hydrogens is 322 g/mol. The second kappa shape index (κ2) is 7.73. The van der Waals surface area contributed by atoms with Crippen LogP contribution in [0.25, 0.3) is 0 Å². The van der Waals surface area contributed by atoms with Crippen LogP contribution >= 0.6 is 11.8 Å². The van der Waals surface area contributed by atoms with Gasteiger partial charge < -0.3 is 15.4 Å². The summed E-state index contributed by atoms with van der Waals surface area (Å²) in [4.78, 5) is 14.2. The predicted molar refractivity (Wildman–Crippen MR) is 96.6 cm³/mol. The lowest BCUT2D eigenvalue weighted by Gasteiger charge is -2.33. The first kappa shape index (κ1) is 18.4. The summed E-state index contributed by atoms with van der Waals surface area (Å²) in [6.45, 7) is 4.38. The molecule has 2 rings (SSSR count). The molecule has 0 saturated carbocycles. The van der Waals surface area contributed by atoms with Gasteiger partial charge in [-0.25, -0.2) is 0 Å². The standard InChI is InChI=1S/C18H23N3O2S/c1-18(2,24-12-13-6-8-15(23-3)9-7-13)16(20)17(22)21-10-4-5-14(21)11-19/h4-9,14,16H,10,12,20H2,1-3H3. The van der Waals surface area contributed by atoms with Crippen molar-refractivity contribution in [2.24, 2.45) is 5.73 Å². The van der Waals surface area contributed by atoms with E-state index in [-0.39, 0.29) is 5.91 Å². The molecule has 1 amide bonds. The topological polar surface area (TPSA) is 79.3 Å². The van der Waals surface area contributed by atoms with Crippen LogP contribution in [0.3, 0.4) is 0 Å². The average molecular weight is 345 g/mol. The molecule has 1 aliphatic heterocycles. The van der Waals surface area contributed by atoms with Crippen molar-refractivity contribution in [2.45, 2.75) is 36.4 Å². The highest BCUT2D eigenvalue weighted by Crippen LogP contribution is 2.32. The summed E-state index contributed by atoms with van der Waals surface area (Å²) in [7, 11) is 1.64. The number of methoxy groups -OCH3 is 1. The van der Waals surface area contributed by atoms with Gasteiger partial charge in [0.25, 0.3) is 0 Å². The van der Waals surface area contributed by atoms with E-state index < -0.39 is 16.8 Å². The van der Waals surface area contributed by atoms with E-state index in [0.29, 0.717) is 6.54 Å². The van der Waals surface area contributed by atoms with Crippen molar-refractivity contribution in [1.82, 2.24) is 4.90 Å². The smallest absolute Gasteiger partial charge is 0.242 e. The minimum absolute atomic E-state index is 0.182.